The van der Waals surface area contributed by atoms with E-state index in [1.807, 2.05) is 12.2 Å². The van der Waals surface area contributed by atoms with E-state index in [0.717, 1.165) is 12.8 Å². The molecule has 0 aliphatic rings. The van der Waals surface area contributed by atoms with Crippen molar-refractivity contribution in [2.24, 2.45) is 5.92 Å². The Morgan fingerprint density at radius 2 is 1.73 bits per heavy atom. The fraction of sp³-hybridized carbons (Fsp3) is 0.714. The maximum absolute atomic E-state index is 10.6. The highest BCUT2D eigenvalue weighted by Gasteiger charge is 2.32. The first-order valence-corrected chi connectivity index (χ1v) is 6.08. The second-order valence-corrected chi connectivity index (χ2v) is 4.34. The molecule has 0 aromatic heterocycles. The summed E-state index contributed by atoms with van der Waals surface area (Å²) in [7, 11) is 0. The van der Waals surface area contributed by atoms with Crippen molar-refractivity contribution in [3.63, 3.8) is 0 Å². The lowest BCUT2D eigenvalue weighted by Crippen LogP contribution is -2.36. The van der Waals surface area contributed by atoms with Crippen LogP contribution in [0.2, 0.25) is 0 Å². The standard InChI is InChI=1S/C14H26O/c1-5-9-10-13(8-4)14(15,11-6-2)12-7-3/h6-7,13,15H,2-3,5,8-12H2,1,4H3. The lowest BCUT2D eigenvalue weighted by molar-refractivity contribution is -0.0193. The van der Waals surface area contributed by atoms with Crippen LogP contribution in [0, 0.1) is 5.92 Å². The molecule has 15 heavy (non-hydrogen) atoms. The summed E-state index contributed by atoms with van der Waals surface area (Å²) < 4.78 is 0. The van der Waals surface area contributed by atoms with Gasteiger partial charge in [0.05, 0.1) is 5.60 Å². The van der Waals surface area contributed by atoms with Crippen molar-refractivity contribution >= 4 is 0 Å². The second-order valence-electron chi connectivity index (χ2n) is 4.34. The molecule has 0 saturated carbocycles. The SMILES string of the molecule is C=CCC(O)(CC=C)C(CC)CCCC. The van der Waals surface area contributed by atoms with Gasteiger partial charge in [-0.3, -0.25) is 0 Å². The van der Waals surface area contributed by atoms with E-state index in [1.165, 1.54) is 12.8 Å². The molecule has 0 spiro atoms. The van der Waals surface area contributed by atoms with Crippen LogP contribution in [0.1, 0.15) is 52.4 Å². The molecule has 0 aliphatic heterocycles. The van der Waals surface area contributed by atoms with Gasteiger partial charge in [0.2, 0.25) is 0 Å². The first-order valence-electron chi connectivity index (χ1n) is 6.08. The Balaban J connectivity index is 4.51. The van der Waals surface area contributed by atoms with Crippen LogP contribution in [0.3, 0.4) is 0 Å². The van der Waals surface area contributed by atoms with Crippen LogP contribution < -0.4 is 0 Å². The van der Waals surface area contributed by atoms with Crippen LogP contribution in [0.15, 0.2) is 25.3 Å². The molecule has 88 valence electrons. The van der Waals surface area contributed by atoms with E-state index in [1.54, 1.807) is 0 Å². The minimum absolute atomic E-state index is 0.369. The van der Waals surface area contributed by atoms with Gasteiger partial charge < -0.3 is 5.11 Å². The van der Waals surface area contributed by atoms with E-state index in [2.05, 4.69) is 27.0 Å². The highest BCUT2D eigenvalue weighted by Crippen LogP contribution is 2.32. The molecule has 1 atom stereocenters. The van der Waals surface area contributed by atoms with Crippen molar-refractivity contribution in [2.75, 3.05) is 0 Å². The van der Waals surface area contributed by atoms with Crippen molar-refractivity contribution in [2.45, 2.75) is 58.0 Å². The Morgan fingerprint density at radius 3 is 2.07 bits per heavy atom. The van der Waals surface area contributed by atoms with Gasteiger partial charge in [-0.15, -0.1) is 13.2 Å². The van der Waals surface area contributed by atoms with Gasteiger partial charge in [0.1, 0.15) is 0 Å². The molecular weight excluding hydrogens is 184 g/mol. The molecule has 0 aromatic rings. The largest absolute Gasteiger partial charge is 0.389 e. The second kappa shape index (κ2) is 7.70. The van der Waals surface area contributed by atoms with Gasteiger partial charge in [0, 0.05) is 0 Å². The zero-order valence-electron chi connectivity index (χ0n) is 10.3. The monoisotopic (exact) mass is 210 g/mol. The van der Waals surface area contributed by atoms with E-state index in [0.29, 0.717) is 18.8 Å². The fourth-order valence-electron chi connectivity index (χ4n) is 2.22. The van der Waals surface area contributed by atoms with Crippen LogP contribution in [-0.2, 0) is 0 Å². The van der Waals surface area contributed by atoms with Gasteiger partial charge in [0.25, 0.3) is 0 Å². The van der Waals surface area contributed by atoms with Crippen LogP contribution in [-0.4, -0.2) is 10.7 Å². The number of hydrogen-bond donors (Lipinski definition) is 1. The molecule has 0 heterocycles. The van der Waals surface area contributed by atoms with E-state index in [4.69, 9.17) is 0 Å². The molecule has 0 rings (SSSR count). The Kier molecular flexibility index (Phi) is 7.41. The molecule has 1 N–H and O–H groups in total. The highest BCUT2D eigenvalue weighted by molar-refractivity contribution is 4.96. The van der Waals surface area contributed by atoms with Crippen LogP contribution >= 0.6 is 0 Å². The lowest BCUT2D eigenvalue weighted by Gasteiger charge is -2.34. The zero-order chi connectivity index (χ0) is 11.7. The fourth-order valence-corrected chi connectivity index (χ4v) is 2.22. The summed E-state index contributed by atoms with van der Waals surface area (Å²) in [5, 5.41) is 10.6. The molecule has 0 radical (unpaired) electrons. The third kappa shape index (κ3) is 4.65. The summed E-state index contributed by atoms with van der Waals surface area (Å²) >= 11 is 0. The molecule has 0 amide bonds. The Labute approximate surface area is 94.9 Å². The molecule has 0 fully saturated rings. The summed E-state index contributed by atoms with van der Waals surface area (Å²) in [6.45, 7) is 11.8. The molecule has 0 saturated heterocycles. The molecule has 0 aliphatic carbocycles. The predicted octanol–water partition coefficient (Wildman–Crippen LogP) is 4.09. The van der Waals surface area contributed by atoms with Crippen molar-refractivity contribution < 1.29 is 5.11 Å². The zero-order valence-corrected chi connectivity index (χ0v) is 10.3. The average Bonchev–Trinajstić information content (AvgIpc) is 2.19. The highest BCUT2D eigenvalue weighted by atomic mass is 16.3. The summed E-state index contributed by atoms with van der Waals surface area (Å²) in [6.07, 6.45) is 9.48. The van der Waals surface area contributed by atoms with Crippen molar-refractivity contribution in [3.05, 3.63) is 25.3 Å². The first-order chi connectivity index (χ1) is 7.14. The summed E-state index contributed by atoms with van der Waals surface area (Å²) in [4.78, 5) is 0. The summed E-state index contributed by atoms with van der Waals surface area (Å²) in [6, 6.07) is 0. The Hall–Kier alpha value is -0.560. The third-order valence-corrected chi connectivity index (χ3v) is 3.15. The van der Waals surface area contributed by atoms with Crippen molar-refractivity contribution in [1.29, 1.82) is 0 Å². The van der Waals surface area contributed by atoms with Crippen LogP contribution in [0.4, 0.5) is 0 Å². The maximum Gasteiger partial charge on any atom is 0.0743 e. The predicted molar refractivity (Wildman–Crippen MR) is 67.9 cm³/mol. The van der Waals surface area contributed by atoms with E-state index < -0.39 is 5.60 Å². The molecule has 0 bridgehead atoms. The lowest BCUT2D eigenvalue weighted by atomic mass is 9.77. The minimum atomic E-state index is -0.618. The summed E-state index contributed by atoms with van der Waals surface area (Å²) in [5.74, 6) is 0.369. The summed E-state index contributed by atoms with van der Waals surface area (Å²) in [5.41, 5.74) is -0.618. The Morgan fingerprint density at radius 1 is 1.20 bits per heavy atom. The van der Waals surface area contributed by atoms with E-state index >= 15 is 0 Å². The number of aliphatic hydroxyl groups is 1. The van der Waals surface area contributed by atoms with Gasteiger partial charge in [0.15, 0.2) is 0 Å². The number of unbranched alkanes of at least 4 members (excludes halogenated alkanes) is 1. The average molecular weight is 210 g/mol. The van der Waals surface area contributed by atoms with Gasteiger partial charge in [-0.05, 0) is 25.2 Å². The molecule has 1 heteroatoms. The van der Waals surface area contributed by atoms with Crippen LogP contribution in [0.5, 0.6) is 0 Å². The molecule has 1 nitrogen and oxygen atoms in total. The minimum Gasteiger partial charge on any atom is -0.389 e. The molecular formula is C14H26O. The number of hydrogen-bond acceptors (Lipinski definition) is 1. The molecule has 0 aromatic carbocycles. The molecule has 1 unspecified atom stereocenters. The quantitative estimate of drug-likeness (QED) is 0.568. The van der Waals surface area contributed by atoms with E-state index in [-0.39, 0.29) is 0 Å². The Bertz CT molecular complexity index is 174. The third-order valence-electron chi connectivity index (χ3n) is 3.15. The first kappa shape index (κ1) is 14.4. The van der Waals surface area contributed by atoms with Crippen molar-refractivity contribution in [3.8, 4) is 0 Å². The van der Waals surface area contributed by atoms with Gasteiger partial charge in [-0.1, -0.05) is 45.3 Å². The van der Waals surface area contributed by atoms with Gasteiger partial charge >= 0.3 is 0 Å². The van der Waals surface area contributed by atoms with Crippen molar-refractivity contribution in [1.82, 2.24) is 0 Å². The van der Waals surface area contributed by atoms with Gasteiger partial charge in [-0.25, -0.2) is 0 Å². The number of rotatable bonds is 9. The topological polar surface area (TPSA) is 20.2 Å². The van der Waals surface area contributed by atoms with Gasteiger partial charge in [-0.2, -0.15) is 0 Å². The normalized spacial score (nSPS) is 13.5. The smallest absolute Gasteiger partial charge is 0.0743 e. The van der Waals surface area contributed by atoms with Crippen LogP contribution in [0.25, 0.3) is 0 Å². The van der Waals surface area contributed by atoms with E-state index in [9.17, 15) is 5.11 Å². The maximum atomic E-state index is 10.6.